The molecule has 4 rings (SSSR count). The van der Waals surface area contributed by atoms with Crippen molar-refractivity contribution in [1.29, 1.82) is 0 Å². The molecule has 4 aromatic rings. The highest BCUT2D eigenvalue weighted by Crippen LogP contribution is 2.33. The highest BCUT2D eigenvalue weighted by Gasteiger charge is 2.25. The van der Waals surface area contributed by atoms with Crippen LogP contribution in [0.3, 0.4) is 0 Å². The molecule has 0 radical (unpaired) electrons. The minimum atomic E-state index is -3.41. The van der Waals surface area contributed by atoms with Gasteiger partial charge in [-0.2, -0.15) is 0 Å². The fourth-order valence-electron chi connectivity index (χ4n) is 3.47. The SMILES string of the molecule is Cc1cc(C)c2nc(N(Cc3ccco3)C(=O)c3ccc(S(=O)(=O)C(C)C)cc3)sc2c1. The van der Waals surface area contributed by atoms with E-state index in [0.29, 0.717) is 16.5 Å². The molecule has 0 unspecified atom stereocenters. The summed E-state index contributed by atoms with van der Waals surface area (Å²) in [4.78, 5) is 20.0. The number of hydrogen-bond acceptors (Lipinski definition) is 6. The number of furan rings is 1. The lowest BCUT2D eigenvalue weighted by Gasteiger charge is -2.19. The number of hydrogen-bond donors (Lipinski definition) is 0. The van der Waals surface area contributed by atoms with Gasteiger partial charge in [0.2, 0.25) is 0 Å². The molecule has 2 heterocycles. The summed E-state index contributed by atoms with van der Waals surface area (Å²) in [5.41, 5.74) is 3.44. The van der Waals surface area contributed by atoms with Gasteiger partial charge in [0.15, 0.2) is 15.0 Å². The summed E-state index contributed by atoms with van der Waals surface area (Å²) < 4.78 is 31.3. The van der Waals surface area contributed by atoms with Gasteiger partial charge in [0.1, 0.15) is 5.76 Å². The number of fused-ring (bicyclic) bond motifs is 1. The van der Waals surface area contributed by atoms with Crippen LogP contribution in [0.4, 0.5) is 5.13 Å². The Balaban J connectivity index is 1.74. The van der Waals surface area contributed by atoms with Gasteiger partial charge in [0.25, 0.3) is 5.91 Å². The molecule has 1 amide bonds. The van der Waals surface area contributed by atoms with E-state index in [1.165, 1.54) is 23.5 Å². The molecule has 0 bridgehead atoms. The number of thiazole rings is 1. The maximum atomic E-state index is 13.5. The Bertz CT molecular complexity index is 1370. The first-order valence-electron chi connectivity index (χ1n) is 10.2. The van der Waals surface area contributed by atoms with Gasteiger partial charge in [-0.1, -0.05) is 17.4 Å². The van der Waals surface area contributed by atoms with Crippen molar-refractivity contribution in [1.82, 2.24) is 4.98 Å². The highest BCUT2D eigenvalue weighted by atomic mass is 32.2. The molecule has 0 aliphatic heterocycles. The lowest BCUT2D eigenvalue weighted by molar-refractivity contribution is 0.0983. The molecule has 0 aliphatic carbocycles. The average molecular weight is 469 g/mol. The highest BCUT2D eigenvalue weighted by molar-refractivity contribution is 7.92. The molecular weight excluding hydrogens is 444 g/mol. The number of aromatic nitrogens is 1. The molecule has 166 valence electrons. The maximum Gasteiger partial charge on any atom is 0.260 e. The number of benzene rings is 2. The summed E-state index contributed by atoms with van der Waals surface area (Å²) >= 11 is 1.45. The lowest BCUT2D eigenvalue weighted by Crippen LogP contribution is -2.30. The molecule has 6 nitrogen and oxygen atoms in total. The third-order valence-corrected chi connectivity index (χ3v) is 8.43. The number of carbonyl (C=O) groups is 1. The van der Waals surface area contributed by atoms with Crippen LogP contribution in [0, 0.1) is 13.8 Å². The van der Waals surface area contributed by atoms with Crippen LogP contribution in [0.25, 0.3) is 10.2 Å². The largest absolute Gasteiger partial charge is 0.467 e. The predicted molar refractivity (Wildman–Crippen MR) is 127 cm³/mol. The van der Waals surface area contributed by atoms with Gasteiger partial charge in [-0.15, -0.1) is 0 Å². The van der Waals surface area contributed by atoms with Gasteiger partial charge in [-0.05, 0) is 81.3 Å². The first-order chi connectivity index (χ1) is 15.2. The van der Waals surface area contributed by atoms with E-state index in [-0.39, 0.29) is 17.3 Å². The number of rotatable bonds is 6. The van der Waals surface area contributed by atoms with E-state index in [4.69, 9.17) is 9.40 Å². The van der Waals surface area contributed by atoms with Crippen molar-refractivity contribution < 1.29 is 17.6 Å². The van der Waals surface area contributed by atoms with E-state index in [1.807, 2.05) is 13.8 Å². The van der Waals surface area contributed by atoms with Crippen molar-refractivity contribution in [2.24, 2.45) is 0 Å². The summed E-state index contributed by atoms with van der Waals surface area (Å²) in [6.07, 6.45) is 1.56. The van der Waals surface area contributed by atoms with Gasteiger partial charge >= 0.3 is 0 Å². The maximum absolute atomic E-state index is 13.5. The second-order valence-electron chi connectivity index (χ2n) is 8.01. The first-order valence-corrected chi connectivity index (χ1v) is 12.6. The van der Waals surface area contributed by atoms with Crippen molar-refractivity contribution in [3.63, 3.8) is 0 Å². The number of aryl methyl sites for hydroxylation is 2. The van der Waals surface area contributed by atoms with Crippen molar-refractivity contribution >= 4 is 42.4 Å². The molecule has 0 spiro atoms. The normalized spacial score (nSPS) is 11.9. The van der Waals surface area contributed by atoms with Crippen molar-refractivity contribution in [2.75, 3.05) is 4.90 Å². The van der Waals surface area contributed by atoms with E-state index in [2.05, 4.69) is 12.1 Å². The summed E-state index contributed by atoms with van der Waals surface area (Å²) in [5, 5.41) is 0.0305. The van der Waals surface area contributed by atoms with Crippen LogP contribution >= 0.6 is 11.3 Å². The minimum absolute atomic E-state index is 0.202. The molecule has 0 fully saturated rings. The Hall–Kier alpha value is -2.97. The molecule has 0 saturated carbocycles. The quantitative estimate of drug-likeness (QED) is 0.371. The first kappa shape index (κ1) is 22.2. The summed E-state index contributed by atoms with van der Waals surface area (Å²) in [6, 6.07) is 13.8. The standard InChI is InChI=1S/C24H24N2O4S2/c1-15(2)32(28,29)20-9-7-18(8-10-20)23(27)26(14-19-6-5-11-30-19)24-25-22-17(4)12-16(3)13-21(22)31-24/h5-13,15H,14H2,1-4H3. The second-order valence-corrected chi connectivity index (χ2v) is 11.5. The molecule has 0 N–H and O–H groups in total. The molecule has 8 heteroatoms. The van der Waals surface area contributed by atoms with Crippen molar-refractivity contribution in [3.8, 4) is 0 Å². The molecule has 2 aromatic carbocycles. The summed E-state index contributed by atoms with van der Waals surface area (Å²) in [7, 11) is -3.41. The Kier molecular flexibility index (Phi) is 5.92. The van der Waals surface area contributed by atoms with Crippen LogP contribution < -0.4 is 4.90 Å². The number of anilines is 1. The van der Waals surface area contributed by atoms with Crippen LogP contribution in [0.5, 0.6) is 0 Å². The van der Waals surface area contributed by atoms with E-state index in [0.717, 1.165) is 21.3 Å². The zero-order valence-electron chi connectivity index (χ0n) is 18.3. The zero-order chi connectivity index (χ0) is 23.0. The van der Waals surface area contributed by atoms with Gasteiger partial charge in [-0.25, -0.2) is 13.4 Å². The Morgan fingerprint density at radius 2 is 1.84 bits per heavy atom. The lowest BCUT2D eigenvalue weighted by atomic mass is 10.1. The van der Waals surface area contributed by atoms with E-state index >= 15 is 0 Å². The third-order valence-electron chi connectivity index (χ3n) is 5.24. The summed E-state index contributed by atoms with van der Waals surface area (Å²) in [6.45, 7) is 7.53. The Morgan fingerprint density at radius 1 is 1.12 bits per heavy atom. The fourth-order valence-corrected chi connectivity index (χ4v) is 5.67. The van der Waals surface area contributed by atoms with Gasteiger partial charge in [-0.3, -0.25) is 9.69 Å². The average Bonchev–Trinajstić information content (AvgIpc) is 3.41. The Morgan fingerprint density at radius 3 is 2.47 bits per heavy atom. The van der Waals surface area contributed by atoms with Crippen LogP contribution in [-0.4, -0.2) is 24.6 Å². The van der Waals surface area contributed by atoms with Crippen LogP contribution in [0.15, 0.2) is 64.1 Å². The number of sulfone groups is 1. The molecule has 0 aliphatic rings. The number of nitrogens with zero attached hydrogens (tertiary/aromatic N) is 2. The molecule has 32 heavy (non-hydrogen) atoms. The molecule has 2 aromatic heterocycles. The fraction of sp³-hybridized carbons (Fsp3) is 0.250. The monoisotopic (exact) mass is 468 g/mol. The zero-order valence-corrected chi connectivity index (χ0v) is 20.0. The topological polar surface area (TPSA) is 80.5 Å². The Labute approximate surface area is 191 Å². The smallest absolute Gasteiger partial charge is 0.260 e. The van der Waals surface area contributed by atoms with Crippen molar-refractivity contribution in [2.45, 2.75) is 44.4 Å². The van der Waals surface area contributed by atoms with Gasteiger partial charge in [0, 0.05) is 5.56 Å². The van der Waals surface area contributed by atoms with Gasteiger partial charge < -0.3 is 4.42 Å². The third kappa shape index (κ3) is 4.20. The molecule has 0 saturated heterocycles. The predicted octanol–water partition coefficient (Wildman–Crippen LogP) is 5.54. The van der Waals surface area contributed by atoms with Crippen LogP contribution in [-0.2, 0) is 16.4 Å². The molecule has 0 atom stereocenters. The minimum Gasteiger partial charge on any atom is -0.467 e. The van der Waals surface area contributed by atoms with Crippen LogP contribution in [0.1, 0.15) is 41.1 Å². The molecular formula is C24H24N2O4S2. The van der Waals surface area contributed by atoms with E-state index in [9.17, 15) is 13.2 Å². The summed E-state index contributed by atoms with van der Waals surface area (Å²) in [5.74, 6) is 0.354. The van der Waals surface area contributed by atoms with Crippen molar-refractivity contribution in [3.05, 3.63) is 77.2 Å². The second kappa shape index (κ2) is 8.52. The van der Waals surface area contributed by atoms with Gasteiger partial charge in [0.05, 0.1) is 33.2 Å². The van der Waals surface area contributed by atoms with Crippen LogP contribution in [0.2, 0.25) is 0 Å². The number of carbonyl (C=O) groups excluding carboxylic acids is 1. The van der Waals surface area contributed by atoms with E-state index < -0.39 is 15.1 Å². The van der Waals surface area contributed by atoms with E-state index in [1.54, 1.807) is 49.3 Å². The number of amides is 1.